The van der Waals surface area contributed by atoms with Crippen LogP contribution in [0.25, 0.3) is 0 Å². The number of nitrogens with one attached hydrogen (secondary N) is 2. The first-order valence-corrected chi connectivity index (χ1v) is 5.71. The van der Waals surface area contributed by atoms with Gasteiger partial charge < -0.3 is 15.7 Å². The summed E-state index contributed by atoms with van der Waals surface area (Å²) in [5.74, 6) is 0.570. The summed E-state index contributed by atoms with van der Waals surface area (Å²) in [6, 6.07) is -0.0320. The molecule has 4 unspecified atom stereocenters. The Morgan fingerprint density at radius 1 is 1.60 bits per heavy atom. The highest BCUT2D eigenvalue weighted by Crippen LogP contribution is 2.14. The lowest BCUT2D eigenvalue weighted by Gasteiger charge is -2.23. The molecule has 0 aromatic carbocycles. The second-order valence-electron chi connectivity index (χ2n) is 4.65. The van der Waals surface area contributed by atoms with Gasteiger partial charge in [0, 0.05) is 12.6 Å². The van der Waals surface area contributed by atoms with E-state index < -0.39 is 0 Å². The largest absolute Gasteiger partial charge is 0.396 e. The van der Waals surface area contributed by atoms with Crippen LogP contribution in [0, 0.1) is 11.8 Å². The molecule has 0 aromatic rings. The molecule has 3 N–H and O–H groups in total. The van der Waals surface area contributed by atoms with Crippen LogP contribution in [-0.2, 0) is 4.79 Å². The third-order valence-electron chi connectivity index (χ3n) is 3.33. The highest BCUT2D eigenvalue weighted by Gasteiger charge is 2.30. The van der Waals surface area contributed by atoms with Crippen LogP contribution in [0.4, 0.5) is 0 Å². The third-order valence-corrected chi connectivity index (χ3v) is 3.33. The number of carbonyl (C=O) groups is 1. The summed E-state index contributed by atoms with van der Waals surface area (Å²) in [7, 11) is 0. The molecular weight excluding hydrogens is 192 g/mol. The number of carbonyl (C=O) groups excluding carboxylic acids is 1. The number of hydrogen-bond acceptors (Lipinski definition) is 3. The predicted molar refractivity (Wildman–Crippen MR) is 59.4 cm³/mol. The first-order chi connectivity index (χ1) is 7.06. The molecule has 0 saturated carbocycles. The lowest BCUT2D eigenvalue weighted by molar-refractivity contribution is -0.124. The van der Waals surface area contributed by atoms with Crippen molar-refractivity contribution in [3.8, 4) is 0 Å². The lowest BCUT2D eigenvalue weighted by atomic mass is 10.0. The van der Waals surface area contributed by atoms with Gasteiger partial charge in [-0.25, -0.2) is 0 Å². The van der Waals surface area contributed by atoms with Crippen molar-refractivity contribution in [2.24, 2.45) is 11.8 Å². The Hall–Kier alpha value is -0.610. The van der Waals surface area contributed by atoms with E-state index in [1.807, 2.05) is 13.8 Å². The number of rotatable bonds is 4. The normalized spacial score (nSPS) is 29.9. The highest BCUT2D eigenvalue weighted by atomic mass is 16.3. The molecule has 0 aromatic heterocycles. The first-order valence-electron chi connectivity index (χ1n) is 5.71. The molecule has 4 heteroatoms. The van der Waals surface area contributed by atoms with Crippen molar-refractivity contribution in [2.75, 3.05) is 13.2 Å². The van der Waals surface area contributed by atoms with Crippen LogP contribution < -0.4 is 10.6 Å². The van der Waals surface area contributed by atoms with E-state index in [1.165, 1.54) is 0 Å². The Morgan fingerprint density at radius 2 is 2.27 bits per heavy atom. The Kier molecular flexibility index (Phi) is 4.54. The van der Waals surface area contributed by atoms with Gasteiger partial charge in [0.2, 0.25) is 5.91 Å². The molecule has 1 saturated heterocycles. The van der Waals surface area contributed by atoms with E-state index in [9.17, 15) is 4.79 Å². The predicted octanol–water partition coefficient (Wildman–Crippen LogP) is 0.118. The Balaban J connectivity index is 2.41. The van der Waals surface area contributed by atoms with Crippen LogP contribution in [0.2, 0.25) is 0 Å². The van der Waals surface area contributed by atoms with Crippen molar-refractivity contribution >= 4 is 5.91 Å². The van der Waals surface area contributed by atoms with Crippen LogP contribution >= 0.6 is 0 Å². The van der Waals surface area contributed by atoms with Gasteiger partial charge in [-0.2, -0.15) is 0 Å². The summed E-state index contributed by atoms with van der Waals surface area (Å²) >= 11 is 0. The van der Waals surface area contributed by atoms with Gasteiger partial charge >= 0.3 is 0 Å². The molecule has 0 aliphatic carbocycles. The second-order valence-corrected chi connectivity index (χ2v) is 4.65. The highest BCUT2D eigenvalue weighted by molar-refractivity contribution is 5.82. The van der Waals surface area contributed by atoms with Crippen molar-refractivity contribution in [3.63, 3.8) is 0 Å². The zero-order valence-electron chi connectivity index (χ0n) is 9.79. The number of aliphatic hydroxyl groups is 1. The van der Waals surface area contributed by atoms with Gasteiger partial charge in [0.1, 0.15) is 0 Å². The Morgan fingerprint density at radius 3 is 2.73 bits per heavy atom. The zero-order valence-corrected chi connectivity index (χ0v) is 9.79. The minimum absolute atomic E-state index is 0.0251. The van der Waals surface area contributed by atoms with Crippen molar-refractivity contribution in [3.05, 3.63) is 0 Å². The molecule has 4 nitrogen and oxygen atoms in total. The van der Waals surface area contributed by atoms with Gasteiger partial charge in [-0.05, 0) is 31.7 Å². The topological polar surface area (TPSA) is 61.4 Å². The first kappa shape index (κ1) is 12.5. The summed E-state index contributed by atoms with van der Waals surface area (Å²) in [6.07, 6.45) is 1.06. The van der Waals surface area contributed by atoms with E-state index in [1.54, 1.807) is 0 Å². The smallest absolute Gasteiger partial charge is 0.237 e. The molecule has 15 heavy (non-hydrogen) atoms. The Labute approximate surface area is 91.4 Å². The lowest BCUT2D eigenvalue weighted by Crippen LogP contribution is -2.48. The fourth-order valence-electron chi connectivity index (χ4n) is 1.80. The molecule has 1 aliphatic rings. The van der Waals surface area contributed by atoms with E-state index in [2.05, 4.69) is 17.6 Å². The maximum atomic E-state index is 11.8. The zero-order chi connectivity index (χ0) is 11.4. The van der Waals surface area contributed by atoms with Crippen molar-refractivity contribution in [1.82, 2.24) is 10.6 Å². The molecule has 1 heterocycles. The molecule has 1 rings (SSSR count). The van der Waals surface area contributed by atoms with E-state index in [0.717, 1.165) is 13.0 Å². The summed E-state index contributed by atoms with van der Waals surface area (Å²) in [4.78, 5) is 11.8. The minimum atomic E-state index is -0.0571. The molecule has 1 fully saturated rings. The van der Waals surface area contributed by atoms with Crippen LogP contribution in [0.1, 0.15) is 27.2 Å². The van der Waals surface area contributed by atoms with Crippen LogP contribution in [0.15, 0.2) is 0 Å². The average molecular weight is 214 g/mol. The van der Waals surface area contributed by atoms with Gasteiger partial charge in [0.25, 0.3) is 0 Å². The molecule has 0 bridgehead atoms. The van der Waals surface area contributed by atoms with Gasteiger partial charge in [-0.15, -0.1) is 0 Å². The van der Waals surface area contributed by atoms with Crippen molar-refractivity contribution in [2.45, 2.75) is 39.3 Å². The number of amides is 1. The standard InChI is InChI=1S/C11H22N2O2/c1-7-4-5-12-10(7)11(15)13-9(3)8(2)6-14/h7-10,12,14H,4-6H2,1-3H3,(H,13,15). The monoisotopic (exact) mass is 214 g/mol. The van der Waals surface area contributed by atoms with Gasteiger partial charge in [0.15, 0.2) is 0 Å². The molecule has 0 spiro atoms. The molecule has 0 radical (unpaired) electrons. The molecule has 88 valence electrons. The number of hydrogen-bond donors (Lipinski definition) is 3. The minimum Gasteiger partial charge on any atom is -0.396 e. The van der Waals surface area contributed by atoms with Crippen molar-refractivity contribution in [1.29, 1.82) is 0 Å². The third kappa shape index (κ3) is 3.18. The van der Waals surface area contributed by atoms with Crippen LogP contribution in [0.5, 0.6) is 0 Å². The maximum Gasteiger partial charge on any atom is 0.237 e. The number of aliphatic hydroxyl groups excluding tert-OH is 1. The summed E-state index contributed by atoms with van der Waals surface area (Å²) < 4.78 is 0. The fourth-order valence-corrected chi connectivity index (χ4v) is 1.80. The molecule has 1 amide bonds. The SMILES string of the molecule is CC(CO)C(C)NC(=O)C1NCCC1C. The maximum absolute atomic E-state index is 11.8. The Bertz CT molecular complexity index is 221. The van der Waals surface area contributed by atoms with E-state index in [-0.39, 0.29) is 30.5 Å². The van der Waals surface area contributed by atoms with Gasteiger partial charge in [0.05, 0.1) is 6.04 Å². The van der Waals surface area contributed by atoms with E-state index in [0.29, 0.717) is 5.92 Å². The molecule has 4 atom stereocenters. The van der Waals surface area contributed by atoms with Gasteiger partial charge in [-0.3, -0.25) is 4.79 Å². The second kappa shape index (κ2) is 5.47. The quantitative estimate of drug-likeness (QED) is 0.623. The summed E-state index contributed by atoms with van der Waals surface area (Å²) in [5, 5.41) is 15.1. The molecule has 1 aliphatic heterocycles. The summed E-state index contributed by atoms with van der Waals surface area (Å²) in [5.41, 5.74) is 0. The van der Waals surface area contributed by atoms with Crippen LogP contribution in [0.3, 0.4) is 0 Å². The molecular formula is C11H22N2O2. The average Bonchev–Trinajstić information content (AvgIpc) is 2.63. The summed E-state index contributed by atoms with van der Waals surface area (Å²) in [6.45, 7) is 6.97. The van der Waals surface area contributed by atoms with Crippen LogP contribution in [-0.4, -0.2) is 36.2 Å². The van der Waals surface area contributed by atoms with E-state index >= 15 is 0 Å². The fraction of sp³-hybridized carbons (Fsp3) is 0.909. The van der Waals surface area contributed by atoms with Crippen molar-refractivity contribution < 1.29 is 9.90 Å². The van der Waals surface area contributed by atoms with Gasteiger partial charge in [-0.1, -0.05) is 13.8 Å². The van der Waals surface area contributed by atoms with E-state index in [4.69, 9.17) is 5.11 Å².